The first-order valence-electron chi connectivity index (χ1n) is 9.21. The number of hydrogen-bond acceptors (Lipinski definition) is 5. The van der Waals surface area contributed by atoms with Gasteiger partial charge in [-0.05, 0) is 30.7 Å². The Kier molecular flexibility index (Phi) is 6.37. The molecule has 0 unspecified atom stereocenters. The van der Waals surface area contributed by atoms with E-state index in [1.807, 2.05) is 12.1 Å². The first-order chi connectivity index (χ1) is 13.6. The Morgan fingerprint density at radius 2 is 1.57 bits per heavy atom. The number of benzene rings is 2. The van der Waals surface area contributed by atoms with E-state index < -0.39 is 0 Å². The highest BCUT2D eigenvalue weighted by Gasteiger charge is 2.24. The van der Waals surface area contributed by atoms with Crippen molar-refractivity contribution in [1.82, 2.24) is 9.80 Å². The molecule has 2 aromatic rings. The first-order valence-corrected chi connectivity index (χ1v) is 9.21. The molecule has 0 aliphatic carbocycles. The lowest BCUT2D eigenvalue weighted by atomic mass is 10.1. The zero-order chi connectivity index (χ0) is 19.9. The molecule has 1 saturated heterocycles. The lowest BCUT2D eigenvalue weighted by Crippen LogP contribution is -2.39. The van der Waals surface area contributed by atoms with E-state index in [0.29, 0.717) is 44.1 Å². The molecule has 1 aliphatic heterocycles. The number of aromatic hydroxyl groups is 1. The number of phenolic OH excluding ortho intramolecular Hbond substituents is 1. The molecular weight excluding hydrogens is 360 g/mol. The Morgan fingerprint density at radius 1 is 0.929 bits per heavy atom. The summed E-state index contributed by atoms with van der Waals surface area (Å²) < 4.78 is 10.8. The summed E-state index contributed by atoms with van der Waals surface area (Å²) in [4.78, 5) is 28.6. The van der Waals surface area contributed by atoms with Crippen molar-refractivity contribution in [2.24, 2.45) is 0 Å². The number of ether oxygens (including phenoxy) is 2. The van der Waals surface area contributed by atoms with Gasteiger partial charge in [0, 0.05) is 26.2 Å². The number of amides is 2. The van der Waals surface area contributed by atoms with Gasteiger partial charge in [-0.3, -0.25) is 9.59 Å². The second-order valence-corrected chi connectivity index (χ2v) is 6.48. The summed E-state index contributed by atoms with van der Waals surface area (Å²) in [5.74, 6) is 0.699. The fraction of sp³-hybridized carbons (Fsp3) is 0.333. The minimum atomic E-state index is -0.224. The average molecular weight is 384 g/mol. The molecule has 3 rings (SSSR count). The average Bonchev–Trinajstić information content (AvgIpc) is 2.98. The Hall–Kier alpha value is -3.22. The third-order valence-corrected chi connectivity index (χ3v) is 4.69. The van der Waals surface area contributed by atoms with E-state index in [0.717, 1.165) is 0 Å². The molecule has 0 bridgehead atoms. The highest BCUT2D eigenvalue weighted by molar-refractivity contribution is 5.96. The van der Waals surface area contributed by atoms with Gasteiger partial charge in [0.1, 0.15) is 5.75 Å². The van der Waals surface area contributed by atoms with Crippen molar-refractivity contribution >= 4 is 11.8 Å². The van der Waals surface area contributed by atoms with E-state index in [4.69, 9.17) is 9.47 Å². The van der Waals surface area contributed by atoms with Gasteiger partial charge >= 0.3 is 0 Å². The molecule has 0 aromatic heterocycles. The normalized spacial score (nSPS) is 14.3. The molecule has 0 spiro atoms. The molecule has 148 valence electrons. The van der Waals surface area contributed by atoms with Crippen molar-refractivity contribution in [1.29, 1.82) is 0 Å². The van der Waals surface area contributed by atoms with E-state index in [9.17, 15) is 14.7 Å². The summed E-state index contributed by atoms with van der Waals surface area (Å²) in [7, 11) is 1.55. The summed E-state index contributed by atoms with van der Waals surface area (Å²) >= 11 is 0. The molecule has 1 N–H and O–H groups in total. The zero-order valence-electron chi connectivity index (χ0n) is 15.8. The molecule has 0 radical (unpaired) electrons. The van der Waals surface area contributed by atoms with Gasteiger partial charge in [0.05, 0.1) is 12.7 Å². The Bertz CT molecular complexity index is 839. The van der Waals surface area contributed by atoms with Crippen LogP contribution in [0.1, 0.15) is 16.8 Å². The van der Waals surface area contributed by atoms with Gasteiger partial charge in [-0.2, -0.15) is 0 Å². The molecule has 2 amide bonds. The molecule has 0 atom stereocenters. The standard InChI is InChI=1S/C21H24N2O5/c1-27-18-9-4-5-10-19(18)28-15-20(25)22-11-6-12-23(14-13-22)21(26)16-7-2-3-8-17(16)24/h2-5,7-10,24H,6,11-15H2,1H3. The summed E-state index contributed by atoms with van der Waals surface area (Å²) in [5.41, 5.74) is 0.279. The van der Waals surface area contributed by atoms with Crippen LogP contribution >= 0.6 is 0 Å². The molecule has 2 aromatic carbocycles. The van der Waals surface area contributed by atoms with Crippen molar-refractivity contribution in [2.75, 3.05) is 39.9 Å². The van der Waals surface area contributed by atoms with Crippen molar-refractivity contribution in [3.63, 3.8) is 0 Å². The van der Waals surface area contributed by atoms with Gasteiger partial charge in [-0.25, -0.2) is 0 Å². The smallest absolute Gasteiger partial charge is 0.260 e. The molecular formula is C21H24N2O5. The van der Waals surface area contributed by atoms with Crippen molar-refractivity contribution in [3.05, 3.63) is 54.1 Å². The third-order valence-electron chi connectivity index (χ3n) is 4.69. The highest BCUT2D eigenvalue weighted by Crippen LogP contribution is 2.25. The van der Waals surface area contributed by atoms with E-state index >= 15 is 0 Å². The van der Waals surface area contributed by atoms with Gasteiger partial charge < -0.3 is 24.4 Å². The summed E-state index contributed by atoms with van der Waals surface area (Å²) in [6, 6.07) is 13.7. The molecule has 1 fully saturated rings. The summed E-state index contributed by atoms with van der Waals surface area (Å²) in [6.07, 6.45) is 0.666. The van der Waals surface area contributed by atoms with E-state index in [1.165, 1.54) is 6.07 Å². The Morgan fingerprint density at radius 3 is 2.32 bits per heavy atom. The van der Waals surface area contributed by atoms with Crippen molar-refractivity contribution in [3.8, 4) is 17.2 Å². The largest absolute Gasteiger partial charge is 0.507 e. The van der Waals surface area contributed by atoms with Gasteiger partial charge in [0.25, 0.3) is 11.8 Å². The van der Waals surface area contributed by atoms with Crippen LogP contribution in [0.4, 0.5) is 0 Å². The van der Waals surface area contributed by atoms with Gasteiger partial charge in [0.2, 0.25) is 0 Å². The lowest BCUT2D eigenvalue weighted by molar-refractivity contribution is -0.133. The van der Waals surface area contributed by atoms with Crippen LogP contribution in [0.3, 0.4) is 0 Å². The van der Waals surface area contributed by atoms with Crippen LogP contribution in [0.5, 0.6) is 17.2 Å². The number of nitrogens with zero attached hydrogens (tertiary/aromatic N) is 2. The fourth-order valence-corrected chi connectivity index (χ4v) is 3.16. The molecule has 7 nitrogen and oxygen atoms in total. The first kappa shape index (κ1) is 19.5. The van der Waals surface area contributed by atoms with E-state index in [2.05, 4.69) is 0 Å². The molecule has 28 heavy (non-hydrogen) atoms. The highest BCUT2D eigenvalue weighted by atomic mass is 16.5. The number of hydrogen-bond donors (Lipinski definition) is 1. The quantitative estimate of drug-likeness (QED) is 0.855. The maximum Gasteiger partial charge on any atom is 0.260 e. The van der Waals surface area contributed by atoms with E-state index in [-0.39, 0.29) is 29.7 Å². The number of methoxy groups -OCH3 is 1. The monoisotopic (exact) mass is 384 g/mol. The zero-order valence-corrected chi connectivity index (χ0v) is 15.8. The minimum Gasteiger partial charge on any atom is -0.507 e. The Balaban J connectivity index is 1.56. The Labute approximate surface area is 164 Å². The molecule has 1 heterocycles. The summed E-state index contributed by atoms with van der Waals surface area (Å²) in [6.45, 7) is 1.83. The topological polar surface area (TPSA) is 79.3 Å². The fourth-order valence-electron chi connectivity index (χ4n) is 3.16. The van der Waals surface area contributed by atoms with Crippen LogP contribution in [-0.2, 0) is 4.79 Å². The lowest BCUT2D eigenvalue weighted by Gasteiger charge is -2.22. The second-order valence-electron chi connectivity index (χ2n) is 6.48. The molecule has 1 aliphatic rings. The predicted octanol–water partition coefficient (Wildman–Crippen LogP) is 2.15. The van der Waals surface area contributed by atoms with Crippen LogP contribution in [0.2, 0.25) is 0 Å². The van der Waals surface area contributed by atoms with Crippen LogP contribution in [0, 0.1) is 0 Å². The van der Waals surface area contributed by atoms with Crippen LogP contribution in [0.25, 0.3) is 0 Å². The van der Waals surface area contributed by atoms with Crippen LogP contribution < -0.4 is 9.47 Å². The molecule has 0 saturated carbocycles. The van der Waals surface area contributed by atoms with Crippen molar-refractivity contribution in [2.45, 2.75) is 6.42 Å². The van der Waals surface area contributed by atoms with Gasteiger partial charge in [-0.15, -0.1) is 0 Å². The second kappa shape index (κ2) is 9.12. The van der Waals surface area contributed by atoms with Gasteiger partial charge in [-0.1, -0.05) is 24.3 Å². The number of carbonyl (C=O) groups excluding carboxylic acids is 2. The SMILES string of the molecule is COc1ccccc1OCC(=O)N1CCCN(C(=O)c2ccccc2O)CC1. The number of phenols is 1. The number of para-hydroxylation sites is 3. The summed E-state index contributed by atoms with van der Waals surface area (Å²) in [5, 5.41) is 9.90. The number of carbonyl (C=O) groups is 2. The predicted molar refractivity (Wildman–Crippen MR) is 104 cm³/mol. The maximum absolute atomic E-state index is 12.7. The van der Waals surface area contributed by atoms with E-state index in [1.54, 1.807) is 47.2 Å². The van der Waals surface area contributed by atoms with Gasteiger partial charge in [0.15, 0.2) is 18.1 Å². The molecule has 7 heteroatoms. The van der Waals surface area contributed by atoms with Crippen LogP contribution in [0.15, 0.2) is 48.5 Å². The van der Waals surface area contributed by atoms with Crippen LogP contribution in [-0.4, -0.2) is 66.6 Å². The third kappa shape index (κ3) is 4.54. The number of rotatable bonds is 5. The maximum atomic E-state index is 12.7. The minimum absolute atomic E-state index is 0.0325. The van der Waals surface area contributed by atoms with Crippen molar-refractivity contribution < 1.29 is 24.2 Å².